The first-order valence-corrected chi connectivity index (χ1v) is 3.34. The Morgan fingerprint density at radius 2 is 2.31 bits per heavy atom. The molecule has 0 N–H and O–H groups in total. The molecule has 1 aromatic rings. The predicted molar refractivity (Wildman–Crippen MR) is 38.9 cm³/mol. The third-order valence-corrected chi connectivity index (χ3v) is 1.26. The Hall–Kier alpha value is -1.59. The molecule has 1 heterocycles. The van der Waals surface area contributed by atoms with Crippen LogP contribution in [0, 0.1) is 0 Å². The lowest BCUT2D eigenvalue weighted by molar-refractivity contribution is 0.0666. The third kappa shape index (κ3) is 2.17. The summed E-state index contributed by atoms with van der Waals surface area (Å²) in [6, 6.07) is 1.36. The Labute approximate surface area is 72.6 Å². The van der Waals surface area contributed by atoms with Crippen molar-refractivity contribution in [2.45, 2.75) is 6.43 Å². The summed E-state index contributed by atoms with van der Waals surface area (Å²) in [5.74, 6) is -1.85. The Morgan fingerprint density at radius 1 is 1.62 bits per heavy atom. The minimum Gasteiger partial charge on any atom is -0.481 e. The van der Waals surface area contributed by atoms with Crippen LogP contribution in [0.1, 0.15) is 10.6 Å². The van der Waals surface area contributed by atoms with Crippen LogP contribution in [0.3, 0.4) is 0 Å². The van der Waals surface area contributed by atoms with E-state index in [2.05, 4.69) is 14.7 Å². The fraction of sp³-hybridized carbons (Fsp3) is 0.286. The zero-order chi connectivity index (χ0) is 9.84. The van der Waals surface area contributed by atoms with Crippen LogP contribution < -0.4 is 4.74 Å². The number of nitrogens with zero attached hydrogens (tertiary/aromatic N) is 2. The van der Waals surface area contributed by atoms with Crippen LogP contribution in [0.25, 0.3) is 0 Å². The maximum Gasteiger partial charge on any atom is 0.303 e. The number of hydrogen-bond donors (Lipinski definition) is 0. The summed E-state index contributed by atoms with van der Waals surface area (Å²) >= 11 is 0. The summed E-state index contributed by atoms with van der Waals surface area (Å²) in [5, 5.41) is 0. The second kappa shape index (κ2) is 3.88. The third-order valence-electron chi connectivity index (χ3n) is 1.26. The van der Waals surface area contributed by atoms with Crippen molar-refractivity contribution in [1.29, 1.82) is 0 Å². The summed E-state index contributed by atoms with van der Waals surface area (Å²) in [7, 11) is 1.32. The summed E-state index contributed by atoms with van der Waals surface area (Å²) in [4.78, 5) is 17.5. The van der Waals surface area contributed by atoms with Gasteiger partial charge in [0.2, 0.25) is 11.7 Å². The maximum absolute atomic E-state index is 11.9. The fourth-order valence-corrected chi connectivity index (χ4v) is 0.672. The normalized spacial score (nSPS) is 10.2. The topological polar surface area (TPSA) is 52.1 Å². The maximum atomic E-state index is 11.9. The molecule has 0 unspecified atom stereocenters. The monoisotopic (exact) mass is 188 g/mol. The molecule has 1 aromatic heterocycles. The van der Waals surface area contributed by atoms with E-state index in [0.29, 0.717) is 0 Å². The van der Waals surface area contributed by atoms with Crippen LogP contribution in [0.15, 0.2) is 12.3 Å². The largest absolute Gasteiger partial charge is 0.481 e. The van der Waals surface area contributed by atoms with Gasteiger partial charge in [0.25, 0.3) is 5.78 Å². The summed E-state index contributed by atoms with van der Waals surface area (Å²) in [6.07, 6.45) is -1.91. The zero-order valence-electron chi connectivity index (χ0n) is 6.70. The average Bonchev–Trinajstić information content (AvgIpc) is 2.16. The molecule has 0 saturated heterocycles. The van der Waals surface area contributed by atoms with Gasteiger partial charge in [-0.05, 0) is 0 Å². The van der Waals surface area contributed by atoms with Gasteiger partial charge in [-0.25, -0.2) is 13.8 Å². The molecule has 0 aliphatic rings. The number of ether oxygens (including phenoxy) is 1. The van der Waals surface area contributed by atoms with Crippen molar-refractivity contribution in [3.8, 4) is 5.88 Å². The van der Waals surface area contributed by atoms with Crippen molar-refractivity contribution in [2.24, 2.45) is 0 Å². The Morgan fingerprint density at radius 3 is 2.85 bits per heavy atom. The van der Waals surface area contributed by atoms with E-state index in [1.807, 2.05) is 0 Å². The number of rotatable bonds is 3. The van der Waals surface area contributed by atoms with E-state index in [9.17, 15) is 13.6 Å². The number of halogens is 2. The van der Waals surface area contributed by atoms with Gasteiger partial charge in [-0.3, -0.25) is 4.79 Å². The lowest BCUT2D eigenvalue weighted by atomic mass is 10.4. The number of aromatic nitrogens is 2. The highest BCUT2D eigenvalue weighted by atomic mass is 19.3. The fourth-order valence-electron chi connectivity index (χ4n) is 0.672. The van der Waals surface area contributed by atoms with Gasteiger partial charge in [-0.15, -0.1) is 0 Å². The first-order chi connectivity index (χ1) is 6.15. The van der Waals surface area contributed by atoms with Gasteiger partial charge in [0.1, 0.15) is 0 Å². The van der Waals surface area contributed by atoms with E-state index >= 15 is 0 Å². The van der Waals surface area contributed by atoms with Crippen LogP contribution in [0.5, 0.6) is 5.88 Å². The van der Waals surface area contributed by atoms with E-state index < -0.39 is 18.0 Å². The van der Waals surface area contributed by atoms with Gasteiger partial charge in [0, 0.05) is 12.3 Å². The van der Waals surface area contributed by atoms with Crippen molar-refractivity contribution in [3.63, 3.8) is 0 Å². The first kappa shape index (κ1) is 9.50. The highest BCUT2D eigenvalue weighted by Crippen LogP contribution is 2.07. The van der Waals surface area contributed by atoms with Crippen molar-refractivity contribution >= 4 is 5.78 Å². The average molecular weight is 188 g/mol. The molecule has 13 heavy (non-hydrogen) atoms. The highest BCUT2D eigenvalue weighted by molar-refractivity contribution is 5.95. The molecule has 4 nitrogen and oxygen atoms in total. The zero-order valence-corrected chi connectivity index (χ0v) is 6.70. The van der Waals surface area contributed by atoms with Crippen LogP contribution in [0.2, 0.25) is 0 Å². The molecule has 70 valence electrons. The lowest BCUT2D eigenvalue weighted by Crippen LogP contribution is -2.14. The number of carbonyl (C=O) groups excluding carboxylic acids is 1. The van der Waals surface area contributed by atoms with E-state index in [0.717, 1.165) is 0 Å². The van der Waals surface area contributed by atoms with E-state index in [1.165, 1.54) is 19.4 Å². The molecule has 0 aliphatic carbocycles. The van der Waals surface area contributed by atoms with Crippen LogP contribution in [-0.4, -0.2) is 29.3 Å². The summed E-state index contributed by atoms with van der Waals surface area (Å²) in [5.41, 5.74) is 0. The van der Waals surface area contributed by atoms with E-state index in [4.69, 9.17) is 0 Å². The number of carbonyl (C=O) groups is 1. The molecule has 0 amide bonds. The van der Waals surface area contributed by atoms with Crippen molar-refractivity contribution in [3.05, 3.63) is 18.1 Å². The second-order valence-corrected chi connectivity index (χ2v) is 2.09. The minimum atomic E-state index is -3.09. The summed E-state index contributed by atoms with van der Waals surface area (Å²) in [6.45, 7) is 0. The molecular weight excluding hydrogens is 182 g/mol. The van der Waals surface area contributed by atoms with Crippen LogP contribution in [-0.2, 0) is 0 Å². The molecule has 0 aromatic carbocycles. The Balaban J connectivity index is 2.95. The van der Waals surface area contributed by atoms with Crippen LogP contribution in [0.4, 0.5) is 8.78 Å². The number of hydrogen-bond acceptors (Lipinski definition) is 4. The predicted octanol–water partition coefficient (Wildman–Crippen LogP) is 0.933. The Kier molecular flexibility index (Phi) is 2.84. The van der Waals surface area contributed by atoms with Gasteiger partial charge in [0.05, 0.1) is 7.11 Å². The quantitative estimate of drug-likeness (QED) is 0.662. The number of ketones is 1. The summed E-state index contributed by atoms with van der Waals surface area (Å²) < 4.78 is 28.4. The lowest BCUT2D eigenvalue weighted by Gasteiger charge is -2.00. The molecule has 0 fully saturated rings. The van der Waals surface area contributed by atoms with Gasteiger partial charge in [0.15, 0.2) is 0 Å². The molecule has 0 aliphatic heterocycles. The molecular formula is C7H6F2N2O2. The van der Waals surface area contributed by atoms with E-state index in [1.54, 1.807) is 0 Å². The first-order valence-electron chi connectivity index (χ1n) is 3.34. The molecule has 0 atom stereocenters. The molecule has 0 spiro atoms. The number of alkyl halides is 2. The van der Waals surface area contributed by atoms with E-state index in [-0.39, 0.29) is 5.88 Å². The Bertz CT molecular complexity index is 317. The standard InChI is InChI=1S/C7H6F2N2O2/c1-13-4-2-3-10-7(11-4)5(12)6(8)9/h2-3,6H,1H3. The van der Waals surface area contributed by atoms with Gasteiger partial charge >= 0.3 is 6.43 Å². The molecule has 1 rings (SSSR count). The SMILES string of the molecule is COc1ccnc(C(=O)C(F)F)n1. The molecule has 0 radical (unpaired) electrons. The van der Waals surface area contributed by atoms with Crippen molar-refractivity contribution in [2.75, 3.05) is 7.11 Å². The van der Waals surface area contributed by atoms with Gasteiger partial charge < -0.3 is 4.74 Å². The van der Waals surface area contributed by atoms with Gasteiger partial charge in [-0.2, -0.15) is 4.98 Å². The van der Waals surface area contributed by atoms with Crippen molar-refractivity contribution < 1.29 is 18.3 Å². The second-order valence-electron chi connectivity index (χ2n) is 2.09. The minimum absolute atomic E-state index is 0.0824. The van der Waals surface area contributed by atoms with Gasteiger partial charge in [-0.1, -0.05) is 0 Å². The van der Waals surface area contributed by atoms with Crippen molar-refractivity contribution in [1.82, 2.24) is 9.97 Å². The molecule has 0 saturated carbocycles. The highest BCUT2D eigenvalue weighted by Gasteiger charge is 2.20. The number of Topliss-reactive ketones (excluding diaryl/α,β-unsaturated/α-hetero) is 1. The molecule has 6 heteroatoms. The smallest absolute Gasteiger partial charge is 0.303 e. The number of methoxy groups -OCH3 is 1. The van der Waals surface area contributed by atoms with Crippen LogP contribution >= 0.6 is 0 Å². The molecule has 0 bridgehead atoms.